The summed E-state index contributed by atoms with van der Waals surface area (Å²) in [5, 5.41) is 42.8. The van der Waals surface area contributed by atoms with Gasteiger partial charge in [0.15, 0.2) is 0 Å². The van der Waals surface area contributed by atoms with Crippen molar-refractivity contribution in [1.82, 2.24) is 9.80 Å². The normalized spacial score (nSPS) is 17.1. The first-order valence-electron chi connectivity index (χ1n) is 11.1. The lowest BCUT2D eigenvalue weighted by atomic mass is 9.89. The van der Waals surface area contributed by atoms with Gasteiger partial charge in [0.25, 0.3) is 0 Å². The van der Waals surface area contributed by atoms with Gasteiger partial charge in [0.2, 0.25) is 5.91 Å². The summed E-state index contributed by atoms with van der Waals surface area (Å²) in [4.78, 5) is 54.7. The number of fused-ring (bicyclic) bond motifs is 1. The van der Waals surface area contributed by atoms with Gasteiger partial charge >= 0.3 is 23.9 Å². The summed E-state index contributed by atoms with van der Waals surface area (Å²) < 4.78 is 0. The van der Waals surface area contributed by atoms with Gasteiger partial charge in [-0.1, -0.05) is 13.8 Å². The molecule has 0 aromatic carbocycles. The van der Waals surface area contributed by atoms with Crippen molar-refractivity contribution in [3.63, 3.8) is 0 Å². The average molecular weight is 527 g/mol. The van der Waals surface area contributed by atoms with Gasteiger partial charge < -0.3 is 30.6 Å². The first-order valence-corrected chi connectivity index (χ1v) is 11.9. The van der Waals surface area contributed by atoms with Crippen LogP contribution in [-0.2, 0) is 36.8 Å². The lowest BCUT2D eigenvalue weighted by molar-refractivity contribution is -0.159. The minimum absolute atomic E-state index is 0.00286. The number of aliphatic carboxylic acids is 4. The van der Waals surface area contributed by atoms with Crippen molar-refractivity contribution in [3.05, 3.63) is 16.0 Å². The lowest BCUT2D eigenvalue weighted by Crippen LogP contribution is -2.48. The maximum atomic E-state index is 12.4. The van der Waals surface area contributed by atoms with Crippen molar-refractivity contribution >= 4 is 46.1 Å². The highest BCUT2D eigenvalue weighted by atomic mass is 32.1. The molecule has 36 heavy (non-hydrogen) atoms. The summed E-state index contributed by atoms with van der Waals surface area (Å²) in [5.74, 6) is -6.63. The minimum atomic E-state index is -1.82. The number of likely N-dealkylation sites (N-methyl/N-ethyl adjacent to an activating group) is 1. The van der Waals surface area contributed by atoms with Gasteiger partial charge in [-0.15, -0.1) is 11.3 Å². The summed E-state index contributed by atoms with van der Waals surface area (Å²) in [6.45, 7) is 9.84. The van der Waals surface area contributed by atoms with Crippen molar-refractivity contribution in [3.8, 4) is 6.07 Å². The molecule has 1 aliphatic carbocycles. The molecule has 1 aromatic rings. The molecule has 1 atom stereocenters. The fraction of sp³-hybridized carbons (Fsp3) is 0.545. The number of carboxylic acid groups (broad SMARTS) is 4. The molecule has 0 bridgehead atoms. The minimum Gasteiger partial charge on any atom is -0.473 e. The van der Waals surface area contributed by atoms with E-state index < -0.39 is 23.9 Å². The van der Waals surface area contributed by atoms with Gasteiger partial charge in [-0.3, -0.25) is 9.69 Å². The van der Waals surface area contributed by atoms with Crippen molar-refractivity contribution in [2.45, 2.75) is 33.1 Å². The highest BCUT2D eigenvalue weighted by Gasteiger charge is 2.25. The number of thiophene rings is 1. The van der Waals surface area contributed by atoms with Crippen LogP contribution in [0.5, 0.6) is 0 Å². The number of carbonyl (C=O) groups is 5. The van der Waals surface area contributed by atoms with Gasteiger partial charge in [-0.05, 0) is 37.3 Å². The molecule has 3 rings (SSSR count). The second-order valence-electron chi connectivity index (χ2n) is 8.15. The quantitative estimate of drug-likeness (QED) is 0.342. The molecule has 2 heterocycles. The molecule has 198 valence electrons. The van der Waals surface area contributed by atoms with E-state index in [4.69, 9.17) is 39.6 Å². The summed E-state index contributed by atoms with van der Waals surface area (Å²) >= 11 is 1.60. The number of nitrogens with one attached hydrogen (secondary N) is 1. The molecule has 1 fully saturated rings. The molecule has 0 spiro atoms. The predicted octanol–water partition coefficient (Wildman–Crippen LogP) is 0.632. The Morgan fingerprint density at radius 2 is 1.47 bits per heavy atom. The van der Waals surface area contributed by atoms with E-state index in [0.29, 0.717) is 18.0 Å². The fourth-order valence-electron chi connectivity index (χ4n) is 3.59. The molecular formula is C22H30N4O9S. The Balaban J connectivity index is 0.000000450. The molecule has 1 saturated heterocycles. The number of piperazine rings is 1. The average Bonchev–Trinajstić information content (AvgIpc) is 3.15. The van der Waals surface area contributed by atoms with E-state index in [1.165, 1.54) is 10.4 Å². The van der Waals surface area contributed by atoms with Crippen LogP contribution in [-0.4, -0.2) is 99.3 Å². The zero-order valence-electron chi connectivity index (χ0n) is 20.0. The van der Waals surface area contributed by atoms with E-state index >= 15 is 0 Å². The monoisotopic (exact) mass is 526 g/mol. The lowest BCUT2D eigenvalue weighted by Gasteiger charge is -2.33. The zero-order valence-corrected chi connectivity index (χ0v) is 20.8. The van der Waals surface area contributed by atoms with Crippen LogP contribution in [0.4, 0.5) is 5.00 Å². The van der Waals surface area contributed by atoms with Crippen LogP contribution in [0.15, 0.2) is 0 Å². The van der Waals surface area contributed by atoms with Crippen molar-refractivity contribution in [1.29, 1.82) is 5.26 Å². The molecule has 13 nitrogen and oxygen atoms in total. The standard InChI is InChI=1S/C18H26N4OS.2C2H2O4/c1-3-21-6-8-22(9-7-21)12-17(23)20-18-15(11-19)14-5-4-13(2)10-16(14)24-18;2*3-1(4)2(5)6/h13H,3-10,12H2,1-2H3,(H,20,23);2*(H,3,4)(H,5,6). The first-order chi connectivity index (χ1) is 16.9. The number of hydrogen-bond acceptors (Lipinski definition) is 9. The Morgan fingerprint density at radius 3 is 1.92 bits per heavy atom. The van der Waals surface area contributed by atoms with Crippen LogP contribution in [0.3, 0.4) is 0 Å². The van der Waals surface area contributed by atoms with Crippen molar-refractivity contribution < 1.29 is 44.4 Å². The number of hydrogen-bond donors (Lipinski definition) is 5. The second-order valence-corrected chi connectivity index (χ2v) is 9.25. The molecule has 1 aromatic heterocycles. The second kappa shape index (κ2) is 14.8. The smallest absolute Gasteiger partial charge is 0.414 e. The first kappa shape index (κ1) is 30.5. The molecule has 14 heteroatoms. The molecule has 2 aliphatic rings. The molecule has 1 amide bonds. The molecule has 1 aliphatic heterocycles. The Bertz CT molecular complexity index is 962. The number of carboxylic acids is 4. The molecule has 1 unspecified atom stereocenters. The summed E-state index contributed by atoms with van der Waals surface area (Å²) in [5.41, 5.74) is 1.87. The molecular weight excluding hydrogens is 496 g/mol. The van der Waals surface area contributed by atoms with Gasteiger partial charge in [-0.2, -0.15) is 5.26 Å². The van der Waals surface area contributed by atoms with E-state index in [2.05, 4.69) is 35.0 Å². The maximum Gasteiger partial charge on any atom is 0.414 e. The van der Waals surface area contributed by atoms with E-state index in [1.807, 2.05) is 0 Å². The van der Waals surface area contributed by atoms with E-state index in [9.17, 15) is 10.1 Å². The van der Waals surface area contributed by atoms with Crippen molar-refractivity contribution in [2.75, 3.05) is 44.6 Å². The molecule has 0 saturated carbocycles. The van der Waals surface area contributed by atoms with Crippen LogP contribution < -0.4 is 5.32 Å². The van der Waals surface area contributed by atoms with Crippen LogP contribution in [0, 0.1) is 17.2 Å². The van der Waals surface area contributed by atoms with Crippen molar-refractivity contribution in [2.24, 2.45) is 5.92 Å². The van der Waals surface area contributed by atoms with Gasteiger partial charge in [0.05, 0.1) is 12.1 Å². The van der Waals surface area contributed by atoms with Crippen LogP contribution in [0.2, 0.25) is 0 Å². The highest BCUT2D eigenvalue weighted by molar-refractivity contribution is 7.16. The van der Waals surface area contributed by atoms with Crippen LogP contribution in [0.1, 0.15) is 36.3 Å². The Hall–Kier alpha value is -3.54. The number of rotatable bonds is 4. The SMILES string of the molecule is CCN1CCN(CC(=O)Nc2sc3c(c2C#N)CCC(C)C3)CC1.O=C(O)C(=O)O.O=C(O)C(=O)O. The molecule has 5 N–H and O–H groups in total. The third kappa shape index (κ3) is 9.98. The summed E-state index contributed by atoms with van der Waals surface area (Å²) in [6.07, 6.45) is 3.13. The number of anilines is 1. The van der Waals surface area contributed by atoms with Crippen LogP contribution in [0.25, 0.3) is 0 Å². The Labute approximate surface area is 211 Å². The van der Waals surface area contributed by atoms with E-state index in [-0.39, 0.29) is 5.91 Å². The number of nitrogens with zero attached hydrogens (tertiary/aromatic N) is 3. The van der Waals surface area contributed by atoms with Gasteiger partial charge in [0.1, 0.15) is 11.1 Å². The Morgan fingerprint density at radius 1 is 0.972 bits per heavy atom. The van der Waals surface area contributed by atoms with E-state index in [1.54, 1.807) is 11.3 Å². The highest BCUT2D eigenvalue weighted by Crippen LogP contribution is 2.39. The molecule has 0 radical (unpaired) electrons. The van der Waals surface area contributed by atoms with Gasteiger partial charge in [-0.25, -0.2) is 19.2 Å². The zero-order chi connectivity index (χ0) is 27.4. The fourth-order valence-corrected chi connectivity index (χ4v) is 4.97. The largest absolute Gasteiger partial charge is 0.473 e. The predicted molar refractivity (Wildman–Crippen MR) is 128 cm³/mol. The number of nitriles is 1. The summed E-state index contributed by atoms with van der Waals surface area (Å²) in [6, 6.07) is 2.32. The van der Waals surface area contributed by atoms with Crippen LogP contribution >= 0.6 is 11.3 Å². The topological polar surface area (TPSA) is 209 Å². The van der Waals surface area contributed by atoms with Gasteiger partial charge in [0, 0.05) is 31.1 Å². The third-order valence-electron chi connectivity index (χ3n) is 5.52. The third-order valence-corrected chi connectivity index (χ3v) is 6.69. The maximum absolute atomic E-state index is 12.4. The number of carbonyl (C=O) groups excluding carboxylic acids is 1. The van der Waals surface area contributed by atoms with E-state index in [0.717, 1.165) is 57.0 Å². The summed E-state index contributed by atoms with van der Waals surface area (Å²) in [7, 11) is 0. The Kier molecular flexibility index (Phi) is 12.5. The number of amides is 1.